The molecule has 0 aromatic heterocycles. The summed E-state index contributed by atoms with van der Waals surface area (Å²) in [6.07, 6.45) is 0. The molecule has 0 bridgehead atoms. The summed E-state index contributed by atoms with van der Waals surface area (Å²) in [5.41, 5.74) is 0. The second kappa shape index (κ2) is 57.5. The van der Waals surface area contributed by atoms with Crippen LogP contribution in [0.2, 0.25) is 0 Å². The molecule has 0 aliphatic carbocycles. The molecule has 0 saturated heterocycles. The Balaban J connectivity index is -0.0000000161. The maximum Gasteiger partial charge on any atom is 1.00 e. The molecule has 0 atom stereocenters. The minimum absolute atomic E-state index is 0. The van der Waals surface area contributed by atoms with Crippen molar-refractivity contribution in [2.24, 2.45) is 0 Å². The van der Waals surface area contributed by atoms with Crippen molar-refractivity contribution in [3.8, 4) is 39.4 Å². The molecule has 0 unspecified atom stereocenters. The molecule has 24 heavy (non-hydrogen) atoms. The fourth-order valence-electron chi connectivity index (χ4n) is 0.0702. The number of nitrogens with zero attached hydrogens (tertiary/aromatic N) is 6. The first-order valence-corrected chi connectivity index (χ1v) is 5.81. The Morgan fingerprint density at radius 2 is 0.667 bits per heavy atom. The van der Waals surface area contributed by atoms with Gasteiger partial charge in [0.15, 0.2) is 0 Å². The fourth-order valence-corrected chi connectivity index (χ4v) is 0.632. The molecular formula is C6H9FeKN6O8S2. The van der Waals surface area contributed by atoms with Gasteiger partial charge in [-0.05, 0) is 0 Å². The van der Waals surface area contributed by atoms with E-state index in [1.54, 1.807) is 0 Å². The van der Waals surface area contributed by atoms with Gasteiger partial charge < -0.3 is 1.43 Å². The Hall–Kier alpha value is -1.16. The molecule has 18 heteroatoms. The maximum atomic E-state index is 9.51. The van der Waals surface area contributed by atoms with E-state index in [-0.39, 0.29) is 69.9 Å². The molecule has 14 nitrogen and oxygen atoms in total. The molecule has 0 heterocycles. The normalized spacial score (nSPS) is 6.08. The molecule has 2 N–H and O–H groups in total. The second-order valence-electron chi connectivity index (χ2n) is 0.992. The van der Waals surface area contributed by atoms with E-state index in [4.69, 9.17) is 40.7 Å². The molecule has 0 spiro atoms. The van der Waals surface area contributed by atoms with Crippen molar-refractivity contribution in [2.45, 2.75) is 0 Å². The fraction of sp³-hybridized carbons (Fsp3) is 0. The Morgan fingerprint density at radius 1 is 0.583 bits per heavy atom. The van der Waals surface area contributed by atoms with E-state index in [1.165, 1.54) is 0 Å². The summed E-state index contributed by atoms with van der Waals surface area (Å²) in [5.74, 6) is 0. The van der Waals surface area contributed by atoms with Gasteiger partial charge in [-0.1, -0.05) is 8.67 Å². The smallest absolute Gasteiger partial charge is 1.00 e. The zero-order valence-corrected chi connectivity index (χ0v) is 17.5. The van der Waals surface area contributed by atoms with Gasteiger partial charge in [-0.2, -0.15) is 16.8 Å². The van der Waals surface area contributed by atoms with Crippen molar-refractivity contribution in [1.29, 1.82) is 31.6 Å². The van der Waals surface area contributed by atoms with Crippen molar-refractivity contribution in [3.05, 3.63) is 0 Å². The van der Waals surface area contributed by atoms with Crippen LogP contribution in [0.15, 0.2) is 0 Å². The summed E-state index contributed by atoms with van der Waals surface area (Å²) in [7, 11) is -10.0. The third-order valence-electron chi connectivity index (χ3n) is 0.200. The van der Waals surface area contributed by atoms with Crippen LogP contribution in [0.5, 0.6) is 0 Å². The molecule has 0 aliphatic rings. The predicted octanol–water partition coefficient (Wildman–Crippen LogP) is -3.51. The van der Waals surface area contributed by atoms with Crippen molar-refractivity contribution < 1.29 is 104 Å². The van der Waals surface area contributed by atoms with Crippen LogP contribution in [0.3, 0.4) is 0 Å². The van der Waals surface area contributed by atoms with E-state index < -0.39 is 20.8 Å². The van der Waals surface area contributed by atoms with E-state index in [9.17, 15) is 16.8 Å². The summed E-state index contributed by atoms with van der Waals surface area (Å²) in [4.78, 5) is 0. The summed E-state index contributed by atoms with van der Waals surface area (Å²) >= 11 is 0. The van der Waals surface area contributed by atoms with E-state index >= 15 is 0 Å². The summed E-state index contributed by atoms with van der Waals surface area (Å²) < 4.78 is 58.9. The molecule has 0 saturated carbocycles. The first kappa shape index (κ1) is 56.9. The standard InChI is InChI=1S/6CHN.Fe.K.H2O8S2.H/c6*1-2;;;1-9(2,3)7-8-10(4,5)6;/h6*1H;;;(H,1,2,3)(H,4,5,6);/q;;;;;;;+1;;-1. The quantitative estimate of drug-likeness (QED) is 0.182. The van der Waals surface area contributed by atoms with Gasteiger partial charge in [0.25, 0.3) is 0 Å². The van der Waals surface area contributed by atoms with Gasteiger partial charge in [0, 0.05) is 56.5 Å². The Kier molecular flexibility index (Phi) is 136. The first-order valence-electron chi connectivity index (χ1n) is 3.08. The number of rotatable bonds is 3. The Morgan fingerprint density at radius 3 is 0.708 bits per heavy atom. The van der Waals surface area contributed by atoms with Gasteiger partial charge in [-0.25, -0.2) is 31.6 Å². The zero-order chi connectivity index (χ0) is 20.4. The monoisotopic (exact) mass is 452 g/mol. The number of nitriles is 6. The Bertz CT molecular complexity index is 464. The van der Waals surface area contributed by atoms with Crippen molar-refractivity contribution >= 4 is 20.8 Å². The van der Waals surface area contributed by atoms with Gasteiger partial charge in [0.1, 0.15) is 0 Å². The maximum absolute atomic E-state index is 9.51. The third-order valence-corrected chi connectivity index (χ3v) is 0.766. The second-order valence-corrected chi connectivity index (χ2v) is 2.97. The van der Waals surface area contributed by atoms with Crippen molar-refractivity contribution in [3.63, 3.8) is 0 Å². The van der Waals surface area contributed by atoms with Crippen LogP contribution in [0.4, 0.5) is 0 Å². The van der Waals surface area contributed by atoms with E-state index in [2.05, 4.69) is 48.1 Å². The van der Waals surface area contributed by atoms with Crippen LogP contribution in [-0.2, 0) is 46.5 Å². The van der Waals surface area contributed by atoms with Crippen LogP contribution >= 0.6 is 0 Å². The molecule has 0 radical (unpaired) electrons. The van der Waals surface area contributed by atoms with Gasteiger partial charge in [-0.15, -0.1) is 0 Å². The van der Waals surface area contributed by atoms with Crippen LogP contribution < -0.4 is 51.4 Å². The van der Waals surface area contributed by atoms with Crippen molar-refractivity contribution in [1.82, 2.24) is 0 Å². The van der Waals surface area contributed by atoms with Crippen LogP contribution in [0.25, 0.3) is 0 Å². The minimum atomic E-state index is -5.02. The van der Waals surface area contributed by atoms with E-state index in [0.717, 1.165) is 0 Å². The molecule has 0 aliphatic heterocycles. The van der Waals surface area contributed by atoms with Gasteiger partial charge in [-0.3, -0.25) is 9.11 Å². The summed E-state index contributed by atoms with van der Waals surface area (Å²) in [6, 6.07) is 0. The average molecular weight is 452 g/mol. The minimum Gasteiger partial charge on any atom is -1.00 e. The first-order chi connectivity index (χ1) is 10.2. The van der Waals surface area contributed by atoms with E-state index in [0.29, 0.717) is 0 Å². The van der Waals surface area contributed by atoms with Crippen LogP contribution in [0.1, 0.15) is 1.43 Å². The SMILES string of the molecule is C#N.C#N.C#N.C#N.C#N.C#N.O=S(=O)(O)OOS(=O)(=O)O.[Fe].[H-].[K+]. The molecule has 0 aromatic carbocycles. The Labute approximate surface area is 194 Å². The van der Waals surface area contributed by atoms with Gasteiger partial charge in [0.05, 0.1) is 0 Å². The van der Waals surface area contributed by atoms with Crippen molar-refractivity contribution in [2.75, 3.05) is 0 Å². The molecule has 132 valence electrons. The predicted molar refractivity (Wildman–Crippen MR) is 66.4 cm³/mol. The molecule has 0 rings (SSSR count). The third kappa shape index (κ3) is 241. The van der Waals surface area contributed by atoms with E-state index in [1.807, 2.05) is 0 Å². The topological polar surface area (TPSA) is 270 Å². The van der Waals surface area contributed by atoms with Gasteiger partial charge >= 0.3 is 72.2 Å². The molecular weight excluding hydrogens is 443 g/mol. The molecule has 0 amide bonds. The molecule has 0 aromatic rings. The van der Waals surface area contributed by atoms with Gasteiger partial charge in [0.2, 0.25) is 0 Å². The number of hydrogen-bond acceptors (Lipinski definition) is 12. The average Bonchev–Trinajstić information content (AvgIpc) is 2.56. The number of hydrogen-bond donors (Lipinski definition) is 2. The molecule has 0 fully saturated rings. The van der Waals surface area contributed by atoms with Crippen LogP contribution in [-0.4, -0.2) is 25.9 Å². The zero-order valence-electron chi connectivity index (χ0n) is 12.7. The summed E-state index contributed by atoms with van der Waals surface area (Å²) in [6.45, 7) is 21.0. The van der Waals surface area contributed by atoms with Crippen LogP contribution in [0, 0.1) is 71.0 Å². The summed E-state index contributed by atoms with van der Waals surface area (Å²) in [5, 5.41) is 39.0. The largest absolute Gasteiger partial charge is 1.00 e.